The molecular formula is C17H24N2OS. The molecule has 21 heavy (non-hydrogen) atoms. The van der Waals surface area contributed by atoms with Crippen LogP contribution in [0.25, 0.3) is 0 Å². The highest BCUT2D eigenvalue weighted by Crippen LogP contribution is 2.30. The minimum atomic E-state index is 0.0221. The summed E-state index contributed by atoms with van der Waals surface area (Å²) in [6.45, 7) is 10.9. The highest BCUT2D eigenvalue weighted by Gasteiger charge is 2.17. The van der Waals surface area contributed by atoms with E-state index < -0.39 is 0 Å². The predicted octanol–water partition coefficient (Wildman–Crippen LogP) is 4.48. The van der Waals surface area contributed by atoms with Crippen LogP contribution in [-0.4, -0.2) is 4.98 Å². The zero-order chi connectivity index (χ0) is 15.6. The fourth-order valence-electron chi connectivity index (χ4n) is 2.35. The third kappa shape index (κ3) is 3.63. The van der Waals surface area contributed by atoms with Gasteiger partial charge in [0.15, 0.2) is 0 Å². The Kier molecular flexibility index (Phi) is 5.01. The lowest BCUT2D eigenvalue weighted by Gasteiger charge is -2.10. The summed E-state index contributed by atoms with van der Waals surface area (Å²) in [6, 6.07) is 6.20. The topological polar surface area (TPSA) is 48.1 Å². The highest BCUT2D eigenvalue weighted by atomic mass is 32.1. The van der Waals surface area contributed by atoms with Crippen LogP contribution >= 0.6 is 11.3 Å². The minimum absolute atomic E-state index is 0.0221. The first-order valence-corrected chi connectivity index (χ1v) is 8.16. The van der Waals surface area contributed by atoms with Crippen LogP contribution in [0.3, 0.4) is 0 Å². The smallest absolute Gasteiger partial charge is 0.140 e. The maximum absolute atomic E-state index is 6.05. The number of para-hydroxylation sites is 1. The van der Waals surface area contributed by atoms with Gasteiger partial charge < -0.3 is 10.5 Å². The van der Waals surface area contributed by atoms with Gasteiger partial charge in [0.25, 0.3) is 0 Å². The van der Waals surface area contributed by atoms with Crippen LogP contribution in [0, 0.1) is 13.8 Å². The van der Waals surface area contributed by atoms with Crippen molar-refractivity contribution in [2.75, 3.05) is 0 Å². The first-order valence-electron chi connectivity index (χ1n) is 7.34. The number of benzene rings is 1. The molecule has 0 aliphatic rings. The van der Waals surface area contributed by atoms with Crippen LogP contribution in [0.1, 0.15) is 59.4 Å². The molecule has 2 aromatic rings. The highest BCUT2D eigenvalue weighted by molar-refractivity contribution is 7.11. The van der Waals surface area contributed by atoms with E-state index in [2.05, 4.69) is 39.8 Å². The number of aromatic nitrogens is 1. The number of hydrogen-bond acceptors (Lipinski definition) is 4. The van der Waals surface area contributed by atoms with Crippen molar-refractivity contribution in [2.24, 2.45) is 5.73 Å². The molecule has 0 spiro atoms. The molecular weight excluding hydrogens is 280 g/mol. The Bertz CT molecular complexity index is 571. The standard InChI is InChI=1S/C17H24N2OS/c1-10(2)15-17(13(5)18)21-14(19-15)9-20-16-11(3)7-6-8-12(16)4/h6-8,10,13H,9,18H2,1-5H3. The quantitative estimate of drug-likeness (QED) is 0.886. The number of ether oxygens (including phenoxy) is 1. The summed E-state index contributed by atoms with van der Waals surface area (Å²) in [5.74, 6) is 1.34. The average Bonchev–Trinajstić information content (AvgIpc) is 2.83. The summed E-state index contributed by atoms with van der Waals surface area (Å²) < 4.78 is 5.99. The Morgan fingerprint density at radius 1 is 1.19 bits per heavy atom. The van der Waals surface area contributed by atoms with Crippen molar-refractivity contribution < 1.29 is 4.74 Å². The fourth-order valence-corrected chi connectivity index (χ4v) is 3.44. The molecule has 1 atom stereocenters. The van der Waals surface area contributed by atoms with Crippen molar-refractivity contribution in [3.63, 3.8) is 0 Å². The van der Waals surface area contributed by atoms with Crippen molar-refractivity contribution in [2.45, 2.75) is 53.2 Å². The lowest BCUT2D eigenvalue weighted by atomic mass is 10.1. The molecule has 0 saturated carbocycles. The van der Waals surface area contributed by atoms with E-state index in [0.29, 0.717) is 12.5 Å². The molecule has 0 aliphatic heterocycles. The van der Waals surface area contributed by atoms with Gasteiger partial charge >= 0.3 is 0 Å². The van der Waals surface area contributed by atoms with Crippen molar-refractivity contribution in [3.8, 4) is 5.75 Å². The summed E-state index contributed by atoms with van der Waals surface area (Å²) in [5, 5.41) is 0.994. The number of aryl methyl sites for hydroxylation is 2. The van der Waals surface area contributed by atoms with E-state index in [1.165, 1.54) is 4.88 Å². The van der Waals surface area contributed by atoms with Gasteiger partial charge in [-0.1, -0.05) is 32.0 Å². The van der Waals surface area contributed by atoms with Crippen LogP contribution < -0.4 is 10.5 Å². The predicted molar refractivity (Wildman–Crippen MR) is 89.1 cm³/mol. The Balaban J connectivity index is 2.19. The molecule has 1 heterocycles. The van der Waals surface area contributed by atoms with Gasteiger partial charge in [-0.3, -0.25) is 0 Å². The van der Waals surface area contributed by atoms with E-state index in [-0.39, 0.29) is 6.04 Å². The molecule has 2 rings (SSSR count). The van der Waals surface area contributed by atoms with Crippen LogP contribution in [0.15, 0.2) is 18.2 Å². The molecule has 3 nitrogen and oxygen atoms in total. The molecule has 0 fully saturated rings. The third-order valence-corrected chi connectivity index (χ3v) is 4.68. The summed E-state index contributed by atoms with van der Waals surface area (Å²) in [4.78, 5) is 5.89. The number of nitrogens with two attached hydrogens (primary N) is 1. The number of thiazole rings is 1. The van der Waals surface area contributed by atoms with Gasteiger partial charge in [0, 0.05) is 10.9 Å². The van der Waals surface area contributed by atoms with Gasteiger partial charge in [0.1, 0.15) is 17.4 Å². The van der Waals surface area contributed by atoms with Crippen molar-refractivity contribution in [1.82, 2.24) is 4.98 Å². The second kappa shape index (κ2) is 6.58. The van der Waals surface area contributed by atoms with Crippen molar-refractivity contribution in [1.29, 1.82) is 0 Å². The summed E-state index contributed by atoms with van der Waals surface area (Å²) in [6.07, 6.45) is 0. The second-order valence-electron chi connectivity index (χ2n) is 5.81. The molecule has 4 heteroatoms. The van der Waals surface area contributed by atoms with Crippen LogP contribution in [-0.2, 0) is 6.61 Å². The minimum Gasteiger partial charge on any atom is -0.486 e. The first kappa shape index (κ1) is 16.0. The van der Waals surface area contributed by atoms with Gasteiger partial charge in [-0.2, -0.15) is 0 Å². The molecule has 1 aromatic carbocycles. The van der Waals surface area contributed by atoms with Crippen molar-refractivity contribution >= 4 is 11.3 Å². The SMILES string of the molecule is Cc1cccc(C)c1OCc1nc(C(C)C)c(C(C)N)s1. The lowest BCUT2D eigenvalue weighted by molar-refractivity contribution is 0.301. The van der Waals surface area contributed by atoms with Gasteiger partial charge in [0.2, 0.25) is 0 Å². The van der Waals surface area contributed by atoms with E-state index in [4.69, 9.17) is 15.5 Å². The maximum atomic E-state index is 6.05. The van der Waals surface area contributed by atoms with Crippen molar-refractivity contribution in [3.05, 3.63) is 44.9 Å². The van der Waals surface area contributed by atoms with Gasteiger partial charge in [0.05, 0.1) is 5.69 Å². The maximum Gasteiger partial charge on any atom is 0.140 e. The summed E-state index contributed by atoms with van der Waals surface area (Å²) in [7, 11) is 0. The molecule has 1 unspecified atom stereocenters. The van der Waals surface area contributed by atoms with E-state index >= 15 is 0 Å². The van der Waals surface area contributed by atoms with Gasteiger partial charge in [-0.15, -0.1) is 11.3 Å². The molecule has 114 valence electrons. The molecule has 2 N–H and O–H groups in total. The number of nitrogens with zero attached hydrogens (tertiary/aromatic N) is 1. The fraction of sp³-hybridized carbons (Fsp3) is 0.471. The Labute approximate surface area is 131 Å². The molecule has 0 radical (unpaired) electrons. The second-order valence-corrected chi connectivity index (χ2v) is 6.93. The summed E-state index contributed by atoms with van der Waals surface area (Å²) in [5.41, 5.74) is 9.47. The largest absolute Gasteiger partial charge is 0.486 e. The van der Waals surface area contributed by atoms with Crippen LogP contribution in [0.4, 0.5) is 0 Å². The van der Waals surface area contributed by atoms with E-state index in [1.807, 2.05) is 13.0 Å². The molecule has 1 aromatic heterocycles. The lowest BCUT2D eigenvalue weighted by Crippen LogP contribution is -2.06. The third-order valence-electron chi connectivity index (χ3n) is 3.43. The number of hydrogen-bond donors (Lipinski definition) is 1. The average molecular weight is 304 g/mol. The van der Waals surface area contributed by atoms with Gasteiger partial charge in [-0.25, -0.2) is 4.98 Å². The molecule has 0 amide bonds. The monoisotopic (exact) mass is 304 g/mol. The Morgan fingerprint density at radius 2 is 1.81 bits per heavy atom. The zero-order valence-corrected chi connectivity index (χ0v) is 14.3. The first-order chi connectivity index (χ1) is 9.90. The van der Waals surface area contributed by atoms with E-state index in [9.17, 15) is 0 Å². The molecule has 0 bridgehead atoms. The zero-order valence-electron chi connectivity index (χ0n) is 13.4. The number of rotatable bonds is 5. The van der Waals surface area contributed by atoms with Gasteiger partial charge in [-0.05, 0) is 37.8 Å². The van der Waals surface area contributed by atoms with Crippen LogP contribution in [0.5, 0.6) is 5.75 Å². The normalized spacial score (nSPS) is 12.7. The molecule has 0 aliphatic carbocycles. The summed E-state index contributed by atoms with van der Waals surface area (Å²) >= 11 is 1.67. The van der Waals surface area contributed by atoms with E-state index in [1.54, 1.807) is 11.3 Å². The van der Waals surface area contributed by atoms with E-state index in [0.717, 1.165) is 27.6 Å². The molecule has 0 saturated heterocycles. The Morgan fingerprint density at radius 3 is 2.29 bits per heavy atom. The Hall–Kier alpha value is -1.39. The van der Waals surface area contributed by atoms with Crippen LogP contribution in [0.2, 0.25) is 0 Å².